The molecule has 0 radical (unpaired) electrons. The van der Waals surface area contributed by atoms with Crippen molar-refractivity contribution < 1.29 is 23.9 Å². The Bertz CT molecular complexity index is 1260. The Labute approximate surface area is 214 Å². The van der Waals surface area contributed by atoms with Crippen molar-refractivity contribution >= 4 is 23.6 Å². The number of amides is 3. The maximum Gasteiger partial charge on any atom is 0.410 e. The Hall–Kier alpha value is -4.03. The molecule has 3 amide bonds. The Balaban J connectivity index is 1.55. The van der Waals surface area contributed by atoms with E-state index in [9.17, 15) is 14.4 Å². The third-order valence-corrected chi connectivity index (χ3v) is 5.77. The molecule has 0 aliphatic carbocycles. The van der Waals surface area contributed by atoms with Gasteiger partial charge in [-0.2, -0.15) is 0 Å². The van der Waals surface area contributed by atoms with Gasteiger partial charge < -0.3 is 25.8 Å². The second-order valence-corrected chi connectivity index (χ2v) is 9.34. The van der Waals surface area contributed by atoms with Gasteiger partial charge in [-0.1, -0.05) is 36.4 Å². The second-order valence-electron chi connectivity index (χ2n) is 9.34. The Morgan fingerprint density at radius 1 is 1.14 bits per heavy atom. The number of pyridine rings is 1. The van der Waals surface area contributed by atoms with Crippen LogP contribution in [0.2, 0.25) is 0 Å². The number of carbonyl (C=O) groups is 3. The van der Waals surface area contributed by atoms with E-state index in [4.69, 9.17) is 15.2 Å². The lowest BCUT2D eigenvalue weighted by atomic mass is 10.1. The number of nitrogens with one attached hydrogen (secondary N) is 2. The van der Waals surface area contributed by atoms with Gasteiger partial charge >= 0.3 is 6.09 Å². The molecule has 196 valence electrons. The summed E-state index contributed by atoms with van der Waals surface area (Å²) in [5.41, 5.74) is 6.97. The molecule has 1 saturated heterocycles. The molecule has 0 bridgehead atoms. The lowest BCUT2D eigenvalue weighted by Gasteiger charge is -2.26. The summed E-state index contributed by atoms with van der Waals surface area (Å²) in [6.45, 7) is 4.26. The van der Waals surface area contributed by atoms with Gasteiger partial charge in [0.15, 0.2) is 11.5 Å². The minimum Gasteiger partial charge on any atom is -0.443 e. The first kappa shape index (κ1) is 26.0. The first-order chi connectivity index (χ1) is 17.7. The van der Waals surface area contributed by atoms with Gasteiger partial charge in [0.2, 0.25) is 11.8 Å². The SMILES string of the molecule is CC(C)(N)C(=O)N[C@H](COCc1ccccc1)c1nnc2cccc(COC(=O)N3CCNC(=O)C3)n12. The molecule has 1 atom stereocenters. The molecule has 12 heteroatoms. The quantitative estimate of drug-likeness (QED) is 0.385. The first-order valence-corrected chi connectivity index (χ1v) is 11.9. The Morgan fingerprint density at radius 2 is 1.92 bits per heavy atom. The van der Waals surface area contributed by atoms with Crippen molar-refractivity contribution in [2.45, 2.75) is 38.6 Å². The summed E-state index contributed by atoms with van der Waals surface area (Å²) in [5, 5.41) is 14.1. The van der Waals surface area contributed by atoms with E-state index in [1.54, 1.807) is 36.4 Å². The molecule has 2 aromatic heterocycles. The van der Waals surface area contributed by atoms with E-state index >= 15 is 0 Å². The molecular formula is C25H31N7O5. The molecule has 1 fully saturated rings. The van der Waals surface area contributed by atoms with Crippen LogP contribution in [0.25, 0.3) is 5.65 Å². The molecule has 4 rings (SSSR count). The Morgan fingerprint density at radius 3 is 2.65 bits per heavy atom. The highest BCUT2D eigenvalue weighted by Crippen LogP contribution is 2.19. The largest absolute Gasteiger partial charge is 0.443 e. The van der Waals surface area contributed by atoms with Gasteiger partial charge in [-0.05, 0) is 31.5 Å². The van der Waals surface area contributed by atoms with E-state index in [0.717, 1.165) is 5.56 Å². The molecule has 0 unspecified atom stereocenters. The van der Waals surface area contributed by atoms with E-state index in [1.165, 1.54) is 4.90 Å². The number of nitrogens with two attached hydrogens (primary N) is 1. The van der Waals surface area contributed by atoms with Gasteiger partial charge in [0.25, 0.3) is 0 Å². The number of hydrogen-bond acceptors (Lipinski definition) is 8. The summed E-state index contributed by atoms with van der Waals surface area (Å²) in [4.78, 5) is 38.3. The fourth-order valence-corrected chi connectivity index (χ4v) is 3.78. The van der Waals surface area contributed by atoms with Gasteiger partial charge in [0, 0.05) is 13.1 Å². The fourth-order valence-electron chi connectivity index (χ4n) is 3.78. The van der Waals surface area contributed by atoms with Crippen molar-refractivity contribution in [2.75, 3.05) is 26.2 Å². The minimum atomic E-state index is -1.13. The topological polar surface area (TPSA) is 153 Å². The number of fused-ring (bicyclic) bond motifs is 1. The predicted octanol–water partition coefficient (Wildman–Crippen LogP) is 0.909. The highest BCUT2D eigenvalue weighted by atomic mass is 16.6. The Kier molecular flexibility index (Phi) is 7.99. The first-order valence-electron chi connectivity index (χ1n) is 11.9. The van der Waals surface area contributed by atoms with E-state index < -0.39 is 17.7 Å². The monoisotopic (exact) mass is 509 g/mol. The highest BCUT2D eigenvalue weighted by Gasteiger charge is 2.29. The second kappa shape index (κ2) is 11.4. The summed E-state index contributed by atoms with van der Waals surface area (Å²) in [7, 11) is 0. The number of aromatic nitrogens is 3. The van der Waals surface area contributed by atoms with Gasteiger partial charge in [0.05, 0.1) is 24.4 Å². The fraction of sp³-hybridized carbons (Fsp3) is 0.400. The van der Waals surface area contributed by atoms with Crippen LogP contribution >= 0.6 is 0 Å². The number of rotatable bonds is 9. The van der Waals surface area contributed by atoms with Crippen LogP contribution in [0, 0.1) is 0 Å². The van der Waals surface area contributed by atoms with Crippen molar-refractivity contribution in [1.29, 1.82) is 0 Å². The van der Waals surface area contributed by atoms with E-state index in [1.807, 2.05) is 30.3 Å². The lowest BCUT2D eigenvalue weighted by Crippen LogP contribution is -2.51. The smallest absolute Gasteiger partial charge is 0.410 e. The minimum absolute atomic E-state index is 0.0529. The third-order valence-electron chi connectivity index (χ3n) is 5.77. The van der Waals surface area contributed by atoms with Crippen LogP contribution in [0.1, 0.15) is 37.0 Å². The standard InChI is InChI=1S/C25H31N7O5/c1-25(2,26)23(34)28-19(16-36-14-17-7-4-3-5-8-17)22-30-29-20-10-6-9-18(32(20)22)15-37-24(35)31-12-11-27-21(33)13-31/h3-10,19H,11-16,26H2,1-2H3,(H,27,33)(H,28,34)/t19-/m1/s1. The van der Waals surface area contributed by atoms with Crippen LogP contribution in [0.4, 0.5) is 4.79 Å². The summed E-state index contributed by atoms with van der Waals surface area (Å²) < 4.78 is 13.1. The van der Waals surface area contributed by atoms with Crippen LogP contribution in [-0.2, 0) is 32.3 Å². The number of nitrogens with zero attached hydrogens (tertiary/aromatic N) is 4. The van der Waals surface area contributed by atoms with Gasteiger partial charge in [-0.25, -0.2) is 4.79 Å². The summed E-state index contributed by atoms with van der Waals surface area (Å²) in [5.74, 6) is -0.210. The molecular weight excluding hydrogens is 478 g/mol. The van der Waals surface area contributed by atoms with Crippen molar-refractivity contribution in [3.8, 4) is 0 Å². The maximum absolute atomic E-state index is 12.8. The zero-order valence-corrected chi connectivity index (χ0v) is 20.8. The van der Waals surface area contributed by atoms with Crippen LogP contribution in [0.5, 0.6) is 0 Å². The number of carbonyl (C=O) groups excluding carboxylic acids is 3. The van der Waals surface area contributed by atoms with Crippen molar-refractivity contribution in [3.05, 3.63) is 65.6 Å². The maximum atomic E-state index is 12.8. The number of benzene rings is 1. The van der Waals surface area contributed by atoms with E-state index in [-0.39, 0.29) is 31.6 Å². The van der Waals surface area contributed by atoms with E-state index in [2.05, 4.69) is 20.8 Å². The van der Waals surface area contributed by atoms with E-state index in [0.29, 0.717) is 36.9 Å². The van der Waals surface area contributed by atoms with Crippen LogP contribution in [0.15, 0.2) is 48.5 Å². The molecule has 12 nitrogen and oxygen atoms in total. The van der Waals surface area contributed by atoms with Gasteiger partial charge in [0.1, 0.15) is 19.2 Å². The predicted molar refractivity (Wildman–Crippen MR) is 133 cm³/mol. The summed E-state index contributed by atoms with van der Waals surface area (Å²) in [6.07, 6.45) is -0.595. The molecule has 3 aromatic rings. The number of piperazine rings is 1. The molecule has 1 aliphatic rings. The molecule has 1 aromatic carbocycles. The zero-order valence-electron chi connectivity index (χ0n) is 20.8. The van der Waals surface area contributed by atoms with Gasteiger partial charge in [-0.15, -0.1) is 10.2 Å². The average molecular weight is 510 g/mol. The zero-order chi connectivity index (χ0) is 26.4. The average Bonchev–Trinajstić information content (AvgIpc) is 3.31. The number of ether oxygens (including phenoxy) is 2. The molecule has 37 heavy (non-hydrogen) atoms. The van der Waals surface area contributed by atoms with Crippen molar-refractivity contribution in [3.63, 3.8) is 0 Å². The molecule has 4 N–H and O–H groups in total. The van der Waals surface area contributed by atoms with Crippen LogP contribution in [0.3, 0.4) is 0 Å². The van der Waals surface area contributed by atoms with Crippen LogP contribution < -0.4 is 16.4 Å². The molecule has 3 heterocycles. The normalized spacial score (nSPS) is 14.8. The summed E-state index contributed by atoms with van der Waals surface area (Å²) >= 11 is 0. The third kappa shape index (κ3) is 6.60. The molecule has 1 aliphatic heterocycles. The molecule has 0 spiro atoms. The van der Waals surface area contributed by atoms with Crippen molar-refractivity contribution in [1.82, 2.24) is 30.1 Å². The van der Waals surface area contributed by atoms with Crippen molar-refractivity contribution in [2.24, 2.45) is 5.73 Å². The van der Waals surface area contributed by atoms with Gasteiger partial charge in [-0.3, -0.25) is 18.9 Å². The summed E-state index contributed by atoms with van der Waals surface area (Å²) in [6, 6.07) is 14.3. The number of hydrogen-bond donors (Lipinski definition) is 3. The molecule has 0 saturated carbocycles. The lowest BCUT2D eigenvalue weighted by molar-refractivity contribution is -0.126. The highest BCUT2D eigenvalue weighted by molar-refractivity contribution is 5.85. The van der Waals surface area contributed by atoms with Crippen LogP contribution in [-0.4, -0.2) is 69.2 Å².